The lowest BCUT2D eigenvalue weighted by Crippen LogP contribution is -2.41. The summed E-state index contributed by atoms with van der Waals surface area (Å²) in [6, 6.07) is 2.20. The van der Waals surface area contributed by atoms with E-state index in [4.69, 9.17) is 9.47 Å². The van der Waals surface area contributed by atoms with E-state index in [9.17, 15) is 8.78 Å². The van der Waals surface area contributed by atoms with Gasteiger partial charge in [0, 0.05) is 5.56 Å². The van der Waals surface area contributed by atoms with Gasteiger partial charge in [0.2, 0.25) is 0 Å². The summed E-state index contributed by atoms with van der Waals surface area (Å²) in [6.07, 6.45) is -0.375. The predicted octanol–water partition coefficient (Wildman–Crippen LogP) is 2.34. The van der Waals surface area contributed by atoms with Gasteiger partial charge in [0.15, 0.2) is 0 Å². The van der Waals surface area contributed by atoms with Crippen molar-refractivity contribution in [3.05, 3.63) is 34.9 Å². The van der Waals surface area contributed by atoms with Crippen LogP contribution in [-0.4, -0.2) is 32.5 Å². The van der Waals surface area contributed by atoms with E-state index < -0.39 is 17.7 Å². The zero-order chi connectivity index (χ0) is 13.8. The van der Waals surface area contributed by atoms with E-state index in [1.54, 1.807) is 6.92 Å². The molecular formula is C14H19F2NO2. The van der Waals surface area contributed by atoms with Gasteiger partial charge in [-0.3, -0.25) is 0 Å². The van der Waals surface area contributed by atoms with Crippen molar-refractivity contribution in [3.8, 4) is 0 Å². The first-order valence-electron chi connectivity index (χ1n) is 6.52. The first-order chi connectivity index (χ1) is 9.15. The molecule has 2 atom stereocenters. The second kappa shape index (κ2) is 6.41. The quantitative estimate of drug-likeness (QED) is 0.911. The molecule has 2 rings (SSSR count). The van der Waals surface area contributed by atoms with Crippen LogP contribution < -0.4 is 5.32 Å². The van der Waals surface area contributed by atoms with E-state index >= 15 is 0 Å². The van der Waals surface area contributed by atoms with Gasteiger partial charge in [-0.15, -0.1) is 0 Å². The van der Waals surface area contributed by atoms with Gasteiger partial charge in [-0.1, -0.05) is 13.0 Å². The lowest BCUT2D eigenvalue weighted by molar-refractivity contribution is -0.103. The fourth-order valence-electron chi connectivity index (χ4n) is 2.30. The van der Waals surface area contributed by atoms with Crippen LogP contribution in [0, 0.1) is 18.6 Å². The molecule has 3 nitrogen and oxygen atoms in total. The first kappa shape index (κ1) is 14.4. The normalized spacial score (nSPS) is 21.4. The van der Waals surface area contributed by atoms with Crippen LogP contribution >= 0.6 is 0 Å². The molecule has 0 aromatic heterocycles. The van der Waals surface area contributed by atoms with Gasteiger partial charge in [0.05, 0.1) is 25.9 Å². The highest BCUT2D eigenvalue weighted by Gasteiger charge is 2.30. The highest BCUT2D eigenvalue weighted by molar-refractivity contribution is 5.30. The van der Waals surface area contributed by atoms with Crippen LogP contribution in [0.15, 0.2) is 12.1 Å². The molecule has 0 bridgehead atoms. The number of likely N-dealkylation sites (N-methyl/N-ethyl adjacent to an activating group) is 1. The van der Waals surface area contributed by atoms with E-state index in [1.165, 1.54) is 12.1 Å². The van der Waals surface area contributed by atoms with E-state index in [-0.39, 0.29) is 11.7 Å². The van der Waals surface area contributed by atoms with Gasteiger partial charge >= 0.3 is 0 Å². The van der Waals surface area contributed by atoms with Gasteiger partial charge < -0.3 is 14.8 Å². The average Bonchev–Trinajstić information content (AvgIpc) is 2.43. The third-order valence-electron chi connectivity index (χ3n) is 3.27. The summed E-state index contributed by atoms with van der Waals surface area (Å²) in [4.78, 5) is 0. The standard InChI is InChI=1S/C14H19F2NO2/c1-3-17-14(11-8-18-6-7-19-11)12-10(15)5-4-9(2)13(12)16/h4-5,11,14,17H,3,6-8H2,1-2H3. The lowest BCUT2D eigenvalue weighted by atomic mass is 9.97. The second-order valence-corrected chi connectivity index (χ2v) is 4.61. The van der Waals surface area contributed by atoms with Crippen molar-refractivity contribution in [2.24, 2.45) is 0 Å². The van der Waals surface area contributed by atoms with Crippen molar-refractivity contribution in [3.63, 3.8) is 0 Å². The fourth-order valence-corrected chi connectivity index (χ4v) is 2.30. The average molecular weight is 271 g/mol. The van der Waals surface area contributed by atoms with E-state index in [2.05, 4.69) is 5.32 Å². The Hall–Kier alpha value is -1.04. The maximum Gasteiger partial charge on any atom is 0.133 e. The van der Waals surface area contributed by atoms with Crippen LogP contribution in [0.1, 0.15) is 24.1 Å². The number of hydrogen-bond donors (Lipinski definition) is 1. The van der Waals surface area contributed by atoms with Crippen molar-refractivity contribution in [1.29, 1.82) is 0 Å². The summed E-state index contributed by atoms with van der Waals surface area (Å²) in [5.74, 6) is -1.07. The Morgan fingerprint density at radius 1 is 1.37 bits per heavy atom. The van der Waals surface area contributed by atoms with Crippen LogP contribution in [0.3, 0.4) is 0 Å². The minimum Gasteiger partial charge on any atom is -0.376 e. The summed E-state index contributed by atoms with van der Waals surface area (Å²) in [6.45, 7) is 5.42. The van der Waals surface area contributed by atoms with Crippen LogP contribution in [0.25, 0.3) is 0 Å². The highest BCUT2D eigenvalue weighted by Crippen LogP contribution is 2.28. The molecule has 1 saturated heterocycles. The molecule has 1 aliphatic heterocycles. The van der Waals surface area contributed by atoms with Crippen molar-refractivity contribution in [2.45, 2.75) is 26.0 Å². The summed E-state index contributed by atoms with van der Waals surface area (Å²) in [5, 5.41) is 3.09. The van der Waals surface area contributed by atoms with Crippen LogP contribution in [0.4, 0.5) is 8.78 Å². The molecule has 1 heterocycles. The summed E-state index contributed by atoms with van der Waals surface area (Å²) in [5.41, 5.74) is 0.466. The minimum absolute atomic E-state index is 0.0392. The third kappa shape index (κ3) is 3.11. The van der Waals surface area contributed by atoms with Gasteiger partial charge in [0.25, 0.3) is 0 Å². The number of nitrogens with one attached hydrogen (secondary N) is 1. The molecule has 0 amide bonds. The van der Waals surface area contributed by atoms with Crippen molar-refractivity contribution in [2.75, 3.05) is 26.4 Å². The zero-order valence-electron chi connectivity index (χ0n) is 11.2. The Bertz CT molecular complexity index is 434. The van der Waals surface area contributed by atoms with Crippen LogP contribution in [0.2, 0.25) is 0 Å². The van der Waals surface area contributed by atoms with Crippen molar-refractivity contribution in [1.82, 2.24) is 5.32 Å². The molecule has 0 radical (unpaired) electrons. The largest absolute Gasteiger partial charge is 0.376 e. The Kier molecular flexibility index (Phi) is 4.85. The van der Waals surface area contributed by atoms with E-state index in [0.29, 0.717) is 31.9 Å². The topological polar surface area (TPSA) is 30.5 Å². The molecule has 1 aromatic carbocycles. The van der Waals surface area contributed by atoms with Gasteiger partial charge in [-0.2, -0.15) is 0 Å². The van der Waals surface area contributed by atoms with Crippen molar-refractivity contribution >= 4 is 0 Å². The van der Waals surface area contributed by atoms with Crippen LogP contribution in [0.5, 0.6) is 0 Å². The lowest BCUT2D eigenvalue weighted by Gasteiger charge is -2.31. The number of rotatable bonds is 4. The first-order valence-corrected chi connectivity index (χ1v) is 6.52. The fraction of sp³-hybridized carbons (Fsp3) is 0.571. The molecule has 1 fully saturated rings. The molecule has 0 aliphatic carbocycles. The van der Waals surface area contributed by atoms with E-state index in [0.717, 1.165) is 0 Å². The summed E-state index contributed by atoms with van der Waals surface area (Å²) < 4.78 is 39.1. The molecule has 19 heavy (non-hydrogen) atoms. The molecule has 1 aliphatic rings. The molecule has 0 saturated carbocycles. The number of ether oxygens (including phenoxy) is 2. The molecular weight excluding hydrogens is 252 g/mol. The van der Waals surface area contributed by atoms with Crippen molar-refractivity contribution < 1.29 is 18.3 Å². The summed E-state index contributed by atoms with van der Waals surface area (Å²) in [7, 11) is 0. The SMILES string of the molecule is CCNC(c1c(F)ccc(C)c1F)C1COCCO1. The summed E-state index contributed by atoms with van der Waals surface area (Å²) >= 11 is 0. The number of aryl methyl sites for hydroxylation is 1. The van der Waals surface area contributed by atoms with Gasteiger partial charge in [0.1, 0.15) is 17.7 Å². The molecule has 106 valence electrons. The minimum atomic E-state index is -0.553. The maximum atomic E-state index is 14.2. The van der Waals surface area contributed by atoms with Gasteiger partial charge in [-0.25, -0.2) is 8.78 Å². The molecule has 2 unspecified atom stereocenters. The molecule has 0 spiro atoms. The Morgan fingerprint density at radius 2 is 2.16 bits per heavy atom. The molecule has 1 aromatic rings. The van der Waals surface area contributed by atoms with Crippen LogP contribution in [-0.2, 0) is 9.47 Å². The molecule has 5 heteroatoms. The Morgan fingerprint density at radius 3 is 2.79 bits per heavy atom. The number of benzene rings is 1. The van der Waals surface area contributed by atoms with Gasteiger partial charge in [-0.05, 0) is 25.1 Å². The predicted molar refractivity (Wildman–Crippen MR) is 68.1 cm³/mol. The second-order valence-electron chi connectivity index (χ2n) is 4.61. The Labute approximate surface area is 111 Å². The molecule has 1 N–H and O–H groups in total. The monoisotopic (exact) mass is 271 g/mol. The number of halogens is 2. The number of hydrogen-bond acceptors (Lipinski definition) is 3. The maximum absolute atomic E-state index is 14.2. The smallest absolute Gasteiger partial charge is 0.133 e. The highest BCUT2D eigenvalue weighted by atomic mass is 19.1. The zero-order valence-corrected chi connectivity index (χ0v) is 11.2. The Balaban J connectivity index is 2.35. The third-order valence-corrected chi connectivity index (χ3v) is 3.27. The van der Waals surface area contributed by atoms with E-state index in [1.807, 2.05) is 6.92 Å².